The molecule has 1 aromatic carbocycles. The molecule has 1 unspecified atom stereocenters. The van der Waals surface area contributed by atoms with Gasteiger partial charge in [0.15, 0.2) is 0 Å². The van der Waals surface area contributed by atoms with Crippen molar-refractivity contribution in [1.82, 2.24) is 0 Å². The zero-order valence-electron chi connectivity index (χ0n) is 8.36. The summed E-state index contributed by atoms with van der Waals surface area (Å²) in [7, 11) is 0. The van der Waals surface area contributed by atoms with E-state index in [1.54, 1.807) is 17.4 Å². The topological polar surface area (TPSA) is 20.2 Å². The fourth-order valence-electron chi connectivity index (χ4n) is 1.46. The SMILES string of the molecule is OC(Cc1cccs1)c1ccc(Cl)c(F)c1. The minimum atomic E-state index is -0.689. The lowest BCUT2D eigenvalue weighted by atomic mass is 10.1. The van der Waals surface area contributed by atoms with Gasteiger partial charge in [0.1, 0.15) is 5.82 Å². The summed E-state index contributed by atoms with van der Waals surface area (Å²) in [4.78, 5) is 1.07. The van der Waals surface area contributed by atoms with Crippen molar-refractivity contribution in [2.75, 3.05) is 0 Å². The van der Waals surface area contributed by atoms with E-state index in [2.05, 4.69) is 0 Å². The molecule has 4 heteroatoms. The highest BCUT2D eigenvalue weighted by Crippen LogP contribution is 2.24. The molecule has 1 nitrogen and oxygen atoms in total. The van der Waals surface area contributed by atoms with E-state index in [0.717, 1.165) is 4.88 Å². The summed E-state index contributed by atoms with van der Waals surface area (Å²) in [6.07, 6.45) is -0.191. The van der Waals surface area contributed by atoms with E-state index in [1.807, 2.05) is 17.5 Å². The molecular formula is C12H10ClFOS. The van der Waals surface area contributed by atoms with Crippen LogP contribution in [0.4, 0.5) is 4.39 Å². The van der Waals surface area contributed by atoms with Gasteiger partial charge in [0, 0.05) is 11.3 Å². The smallest absolute Gasteiger partial charge is 0.142 e. The van der Waals surface area contributed by atoms with Crippen LogP contribution in [-0.2, 0) is 6.42 Å². The molecule has 0 bridgehead atoms. The molecule has 0 fully saturated rings. The van der Waals surface area contributed by atoms with E-state index in [9.17, 15) is 9.50 Å². The number of hydrogen-bond donors (Lipinski definition) is 1. The van der Waals surface area contributed by atoms with Crippen molar-refractivity contribution in [1.29, 1.82) is 0 Å². The summed E-state index contributed by atoms with van der Waals surface area (Å²) >= 11 is 7.15. The summed E-state index contributed by atoms with van der Waals surface area (Å²) in [5, 5.41) is 11.9. The first-order chi connectivity index (χ1) is 7.66. The van der Waals surface area contributed by atoms with Gasteiger partial charge >= 0.3 is 0 Å². The first-order valence-corrected chi connectivity index (χ1v) is 6.08. The van der Waals surface area contributed by atoms with Crippen LogP contribution in [0.1, 0.15) is 16.5 Å². The highest BCUT2D eigenvalue weighted by atomic mass is 35.5. The summed E-state index contributed by atoms with van der Waals surface area (Å²) < 4.78 is 13.2. The maximum atomic E-state index is 13.2. The van der Waals surface area contributed by atoms with Gasteiger partial charge in [0.2, 0.25) is 0 Å². The summed E-state index contributed by atoms with van der Waals surface area (Å²) in [5.74, 6) is -0.496. The molecule has 2 aromatic rings. The van der Waals surface area contributed by atoms with Crippen molar-refractivity contribution in [3.05, 3.63) is 57.0 Å². The molecule has 16 heavy (non-hydrogen) atoms. The number of rotatable bonds is 3. The van der Waals surface area contributed by atoms with Crippen LogP contribution in [0.2, 0.25) is 5.02 Å². The number of aliphatic hydroxyl groups is 1. The average molecular weight is 257 g/mol. The van der Waals surface area contributed by atoms with Crippen molar-refractivity contribution in [2.24, 2.45) is 0 Å². The normalized spacial score (nSPS) is 12.7. The fourth-order valence-corrected chi connectivity index (χ4v) is 2.32. The maximum absolute atomic E-state index is 13.2. The number of benzene rings is 1. The summed E-state index contributed by atoms with van der Waals surface area (Å²) in [6, 6.07) is 8.25. The van der Waals surface area contributed by atoms with E-state index in [0.29, 0.717) is 12.0 Å². The molecule has 0 aliphatic heterocycles. The van der Waals surface area contributed by atoms with Crippen LogP contribution in [0.3, 0.4) is 0 Å². The molecule has 1 atom stereocenters. The molecule has 84 valence electrons. The van der Waals surface area contributed by atoms with Crippen LogP contribution >= 0.6 is 22.9 Å². The van der Waals surface area contributed by atoms with Gasteiger partial charge in [-0.3, -0.25) is 0 Å². The van der Waals surface area contributed by atoms with Crippen LogP contribution in [-0.4, -0.2) is 5.11 Å². The summed E-state index contributed by atoms with van der Waals surface area (Å²) in [5.41, 5.74) is 0.551. The third-order valence-electron chi connectivity index (χ3n) is 2.30. The van der Waals surface area contributed by atoms with Crippen LogP contribution < -0.4 is 0 Å². The van der Waals surface area contributed by atoms with Crippen LogP contribution in [0.25, 0.3) is 0 Å². The lowest BCUT2D eigenvalue weighted by Gasteiger charge is -2.10. The van der Waals surface area contributed by atoms with Crippen LogP contribution in [0.15, 0.2) is 35.7 Å². The van der Waals surface area contributed by atoms with E-state index in [4.69, 9.17) is 11.6 Å². The van der Waals surface area contributed by atoms with E-state index in [1.165, 1.54) is 12.1 Å². The molecule has 1 heterocycles. The Balaban J connectivity index is 2.14. The van der Waals surface area contributed by atoms with Crippen LogP contribution in [0, 0.1) is 5.82 Å². The molecule has 2 rings (SSSR count). The fraction of sp³-hybridized carbons (Fsp3) is 0.167. The van der Waals surface area contributed by atoms with Gasteiger partial charge in [-0.2, -0.15) is 0 Å². The molecule has 0 amide bonds. The Kier molecular flexibility index (Phi) is 3.59. The van der Waals surface area contributed by atoms with Crippen molar-refractivity contribution in [2.45, 2.75) is 12.5 Å². The molecule has 0 aliphatic carbocycles. The minimum absolute atomic E-state index is 0.0760. The Hall–Kier alpha value is -0.900. The molecule has 0 saturated carbocycles. The number of thiophene rings is 1. The largest absolute Gasteiger partial charge is 0.388 e. The van der Waals surface area contributed by atoms with Gasteiger partial charge in [0.25, 0.3) is 0 Å². The number of aliphatic hydroxyl groups excluding tert-OH is 1. The Morgan fingerprint density at radius 2 is 2.19 bits per heavy atom. The molecule has 0 spiro atoms. The first kappa shape index (κ1) is 11.6. The second kappa shape index (κ2) is 4.95. The second-order valence-corrected chi connectivity index (χ2v) is 4.91. The predicted molar refractivity (Wildman–Crippen MR) is 64.4 cm³/mol. The van der Waals surface area contributed by atoms with Gasteiger partial charge < -0.3 is 5.11 Å². The Morgan fingerprint density at radius 3 is 2.81 bits per heavy atom. The van der Waals surface area contributed by atoms with E-state index in [-0.39, 0.29) is 5.02 Å². The standard InChI is InChI=1S/C12H10ClFOS/c13-10-4-3-8(6-11(10)14)12(15)7-9-2-1-5-16-9/h1-6,12,15H,7H2. The molecule has 0 aliphatic rings. The molecule has 0 saturated heterocycles. The maximum Gasteiger partial charge on any atom is 0.142 e. The molecular weight excluding hydrogens is 247 g/mol. The van der Waals surface area contributed by atoms with Crippen molar-refractivity contribution in [3.8, 4) is 0 Å². The van der Waals surface area contributed by atoms with Crippen molar-refractivity contribution >= 4 is 22.9 Å². The number of halogens is 2. The predicted octanol–water partition coefficient (Wildman–Crippen LogP) is 3.82. The summed E-state index contributed by atoms with van der Waals surface area (Å²) in [6.45, 7) is 0. The Labute approximate surface area is 102 Å². The Morgan fingerprint density at radius 1 is 1.38 bits per heavy atom. The Bertz CT molecular complexity index is 470. The van der Waals surface area contributed by atoms with Gasteiger partial charge in [-0.1, -0.05) is 23.7 Å². The molecule has 1 aromatic heterocycles. The molecule has 1 N–H and O–H groups in total. The van der Waals surface area contributed by atoms with Crippen molar-refractivity contribution < 1.29 is 9.50 Å². The van der Waals surface area contributed by atoms with Crippen molar-refractivity contribution in [3.63, 3.8) is 0 Å². The average Bonchev–Trinajstić information content (AvgIpc) is 2.74. The lowest BCUT2D eigenvalue weighted by molar-refractivity contribution is 0.179. The lowest BCUT2D eigenvalue weighted by Crippen LogP contribution is -2.01. The van der Waals surface area contributed by atoms with Gasteiger partial charge in [-0.05, 0) is 29.1 Å². The van der Waals surface area contributed by atoms with Gasteiger partial charge in [-0.25, -0.2) is 4.39 Å². The second-order valence-electron chi connectivity index (χ2n) is 3.47. The van der Waals surface area contributed by atoms with Crippen LogP contribution in [0.5, 0.6) is 0 Å². The quantitative estimate of drug-likeness (QED) is 0.885. The highest BCUT2D eigenvalue weighted by molar-refractivity contribution is 7.09. The zero-order valence-corrected chi connectivity index (χ0v) is 9.93. The number of hydrogen-bond acceptors (Lipinski definition) is 2. The van der Waals surface area contributed by atoms with Gasteiger partial charge in [0.05, 0.1) is 11.1 Å². The monoisotopic (exact) mass is 256 g/mol. The van der Waals surface area contributed by atoms with E-state index < -0.39 is 11.9 Å². The van der Waals surface area contributed by atoms with Gasteiger partial charge in [-0.15, -0.1) is 11.3 Å². The highest BCUT2D eigenvalue weighted by Gasteiger charge is 2.11. The minimum Gasteiger partial charge on any atom is -0.388 e. The zero-order chi connectivity index (χ0) is 11.5. The van der Waals surface area contributed by atoms with E-state index >= 15 is 0 Å². The molecule has 0 radical (unpaired) electrons. The third-order valence-corrected chi connectivity index (χ3v) is 3.51. The first-order valence-electron chi connectivity index (χ1n) is 4.82. The third kappa shape index (κ3) is 2.61.